The standard InChI is InChI=1S/C20H20BrN3O3/c1-3-12(2)14-6-4-5-7-17(14)27-11-18(25)23-24-19-15-10-13(21)8-9-16(15)22-20(19)26/h4-10,12,22,26H,3,11H2,1-2H3. The number of ether oxygens (including phenoxy) is 1. The van der Waals surface area contributed by atoms with E-state index < -0.39 is 5.91 Å². The van der Waals surface area contributed by atoms with E-state index in [9.17, 15) is 9.90 Å². The van der Waals surface area contributed by atoms with Gasteiger partial charge in [-0.3, -0.25) is 4.79 Å². The van der Waals surface area contributed by atoms with Gasteiger partial charge in [-0.25, -0.2) is 0 Å². The summed E-state index contributed by atoms with van der Waals surface area (Å²) in [6.07, 6.45) is 0.976. The van der Waals surface area contributed by atoms with Crippen LogP contribution in [0.15, 0.2) is 57.2 Å². The van der Waals surface area contributed by atoms with Crippen LogP contribution in [0.3, 0.4) is 0 Å². The number of para-hydroxylation sites is 1. The maximum atomic E-state index is 12.1. The number of H-pyrrole nitrogens is 1. The first-order valence-electron chi connectivity index (χ1n) is 8.66. The molecule has 0 saturated heterocycles. The molecule has 0 aliphatic rings. The van der Waals surface area contributed by atoms with Crippen molar-refractivity contribution in [2.45, 2.75) is 26.2 Å². The van der Waals surface area contributed by atoms with E-state index in [1.54, 1.807) is 12.1 Å². The van der Waals surface area contributed by atoms with E-state index in [1.165, 1.54) is 0 Å². The highest BCUT2D eigenvalue weighted by Crippen LogP contribution is 2.36. The van der Waals surface area contributed by atoms with Gasteiger partial charge in [0, 0.05) is 9.86 Å². The maximum absolute atomic E-state index is 12.1. The second kappa shape index (κ2) is 8.35. The van der Waals surface area contributed by atoms with Gasteiger partial charge in [0.1, 0.15) is 5.75 Å². The van der Waals surface area contributed by atoms with Crippen molar-refractivity contribution in [1.29, 1.82) is 0 Å². The molecule has 0 aliphatic heterocycles. The minimum atomic E-state index is -0.530. The quantitative estimate of drug-likeness (QED) is 0.482. The van der Waals surface area contributed by atoms with Crippen LogP contribution in [0.1, 0.15) is 31.7 Å². The minimum Gasteiger partial charge on any atom is -0.493 e. The lowest BCUT2D eigenvalue weighted by molar-refractivity contribution is -0.120. The third-order valence-corrected chi connectivity index (χ3v) is 4.88. The largest absolute Gasteiger partial charge is 0.493 e. The molecule has 140 valence electrons. The summed E-state index contributed by atoms with van der Waals surface area (Å²) in [7, 11) is 0. The number of carbonyl (C=O) groups excluding carboxylic acids is 1. The number of nitrogens with one attached hydrogen (secondary N) is 1. The number of hydrogen-bond donors (Lipinski definition) is 2. The van der Waals surface area contributed by atoms with Crippen LogP contribution in [0.4, 0.5) is 5.69 Å². The second-order valence-corrected chi connectivity index (χ2v) is 7.16. The van der Waals surface area contributed by atoms with E-state index in [0.29, 0.717) is 22.6 Å². The fourth-order valence-corrected chi connectivity index (χ4v) is 3.11. The third-order valence-electron chi connectivity index (χ3n) is 4.39. The summed E-state index contributed by atoms with van der Waals surface area (Å²) < 4.78 is 6.48. The highest BCUT2D eigenvalue weighted by Gasteiger charge is 2.13. The Labute approximate surface area is 165 Å². The Balaban J connectivity index is 1.72. The van der Waals surface area contributed by atoms with Crippen molar-refractivity contribution in [2.75, 3.05) is 6.61 Å². The molecule has 27 heavy (non-hydrogen) atoms. The number of benzene rings is 2. The van der Waals surface area contributed by atoms with Crippen LogP contribution in [-0.2, 0) is 4.79 Å². The number of rotatable bonds is 6. The first kappa shape index (κ1) is 19.1. The molecular formula is C20H20BrN3O3. The van der Waals surface area contributed by atoms with Crippen molar-refractivity contribution in [3.8, 4) is 11.6 Å². The molecule has 0 aliphatic carbocycles. The first-order valence-corrected chi connectivity index (χ1v) is 9.45. The van der Waals surface area contributed by atoms with E-state index in [-0.39, 0.29) is 18.2 Å². The highest BCUT2D eigenvalue weighted by molar-refractivity contribution is 9.10. The van der Waals surface area contributed by atoms with Crippen molar-refractivity contribution in [2.24, 2.45) is 10.2 Å². The highest BCUT2D eigenvalue weighted by atomic mass is 79.9. The van der Waals surface area contributed by atoms with Crippen LogP contribution in [0, 0.1) is 0 Å². The van der Waals surface area contributed by atoms with Crippen LogP contribution in [-0.4, -0.2) is 22.6 Å². The number of aromatic nitrogens is 1. The molecule has 1 atom stereocenters. The van der Waals surface area contributed by atoms with Gasteiger partial charge in [0.05, 0.1) is 5.52 Å². The average molecular weight is 430 g/mol. The summed E-state index contributed by atoms with van der Waals surface area (Å²) in [5.74, 6) is 0.342. The van der Waals surface area contributed by atoms with Gasteiger partial charge in [0.2, 0.25) is 5.88 Å². The van der Waals surface area contributed by atoms with Crippen molar-refractivity contribution >= 4 is 38.4 Å². The van der Waals surface area contributed by atoms with Crippen LogP contribution < -0.4 is 4.74 Å². The van der Waals surface area contributed by atoms with E-state index >= 15 is 0 Å². The van der Waals surface area contributed by atoms with E-state index in [1.807, 2.05) is 30.3 Å². The lowest BCUT2D eigenvalue weighted by Gasteiger charge is -2.14. The molecule has 7 heteroatoms. The van der Waals surface area contributed by atoms with Crippen molar-refractivity contribution in [1.82, 2.24) is 4.98 Å². The Kier molecular flexibility index (Phi) is 5.91. The topological polar surface area (TPSA) is 87.0 Å². The summed E-state index contributed by atoms with van der Waals surface area (Å²) in [4.78, 5) is 14.9. The van der Waals surface area contributed by atoms with Crippen molar-refractivity contribution < 1.29 is 14.6 Å². The first-order chi connectivity index (χ1) is 13.0. The molecule has 1 aromatic heterocycles. The Morgan fingerprint density at radius 2 is 2.07 bits per heavy atom. The SMILES string of the molecule is CCC(C)c1ccccc1OCC(=O)N=Nc1c(O)[nH]c2ccc(Br)cc12. The lowest BCUT2D eigenvalue weighted by atomic mass is 9.98. The molecular weight excluding hydrogens is 410 g/mol. The van der Waals surface area contributed by atoms with Crippen LogP contribution in [0.5, 0.6) is 11.6 Å². The van der Waals surface area contributed by atoms with Gasteiger partial charge in [0.15, 0.2) is 12.3 Å². The number of nitrogens with zero attached hydrogens (tertiary/aromatic N) is 2. The summed E-state index contributed by atoms with van der Waals surface area (Å²) in [6.45, 7) is 4.00. The number of aromatic hydroxyl groups is 1. The molecule has 0 radical (unpaired) electrons. The Morgan fingerprint density at radius 1 is 1.30 bits per heavy atom. The predicted molar refractivity (Wildman–Crippen MR) is 108 cm³/mol. The lowest BCUT2D eigenvalue weighted by Crippen LogP contribution is -2.09. The smallest absolute Gasteiger partial charge is 0.302 e. The van der Waals surface area contributed by atoms with Gasteiger partial charge in [-0.2, -0.15) is 0 Å². The molecule has 2 N–H and O–H groups in total. The number of halogens is 1. The molecule has 0 fully saturated rings. The summed E-state index contributed by atoms with van der Waals surface area (Å²) in [6, 6.07) is 13.1. The molecule has 0 spiro atoms. The molecule has 1 heterocycles. The van der Waals surface area contributed by atoms with E-state index in [4.69, 9.17) is 4.74 Å². The average Bonchev–Trinajstić information content (AvgIpc) is 2.98. The van der Waals surface area contributed by atoms with Gasteiger partial charge < -0.3 is 14.8 Å². The van der Waals surface area contributed by atoms with Crippen LogP contribution in [0.2, 0.25) is 0 Å². The van der Waals surface area contributed by atoms with E-state index in [0.717, 1.165) is 16.5 Å². The van der Waals surface area contributed by atoms with Gasteiger partial charge in [-0.1, -0.05) is 48.0 Å². The Bertz CT molecular complexity index is 997. The fraction of sp³-hybridized carbons (Fsp3) is 0.250. The monoisotopic (exact) mass is 429 g/mol. The zero-order chi connectivity index (χ0) is 19.4. The van der Waals surface area contributed by atoms with Crippen molar-refractivity contribution in [3.63, 3.8) is 0 Å². The fourth-order valence-electron chi connectivity index (χ4n) is 2.75. The zero-order valence-corrected chi connectivity index (χ0v) is 16.7. The number of amides is 1. The Hall–Kier alpha value is -2.67. The molecule has 0 saturated carbocycles. The van der Waals surface area contributed by atoms with Crippen LogP contribution >= 0.6 is 15.9 Å². The maximum Gasteiger partial charge on any atom is 0.302 e. The van der Waals surface area contributed by atoms with Gasteiger partial charge in [-0.15, -0.1) is 10.2 Å². The number of carbonyl (C=O) groups is 1. The molecule has 1 unspecified atom stereocenters. The molecule has 0 bridgehead atoms. The summed E-state index contributed by atoms with van der Waals surface area (Å²) in [5.41, 5.74) is 1.99. The van der Waals surface area contributed by atoms with E-state index in [2.05, 4.69) is 45.0 Å². The molecule has 3 aromatic rings. The molecule has 3 rings (SSSR count). The second-order valence-electron chi connectivity index (χ2n) is 6.24. The summed E-state index contributed by atoms with van der Waals surface area (Å²) >= 11 is 3.38. The third kappa shape index (κ3) is 4.36. The normalized spacial score (nSPS) is 12.6. The zero-order valence-electron chi connectivity index (χ0n) is 15.1. The molecule has 6 nitrogen and oxygen atoms in total. The van der Waals surface area contributed by atoms with Crippen LogP contribution in [0.25, 0.3) is 10.9 Å². The number of azo groups is 1. The minimum absolute atomic E-state index is 0.136. The molecule has 1 amide bonds. The summed E-state index contributed by atoms with van der Waals surface area (Å²) in [5, 5.41) is 18.3. The van der Waals surface area contributed by atoms with Gasteiger partial charge >= 0.3 is 5.91 Å². The van der Waals surface area contributed by atoms with Crippen molar-refractivity contribution in [3.05, 3.63) is 52.5 Å². The molecule has 2 aromatic carbocycles. The number of hydrogen-bond acceptors (Lipinski definition) is 4. The van der Waals surface area contributed by atoms with Gasteiger partial charge in [0.25, 0.3) is 0 Å². The number of aromatic amines is 1. The van der Waals surface area contributed by atoms with Gasteiger partial charge in [-0.05, 0) is 42.2 Å². The Morgan fingerprint density at radius 3 is 2.85 bits per heavy atom. The number of fused-ring (bicyclic) bond motifs is 1. The predicted octanol–water partition coefficient (Wildman–Crippen LogP) is 5.84.